The highest BCUT2D eigenvalue weighted by atomic mass is 35.5. The number of benzene rings is 2. The molecule has 2 aliphatic heterocycles. The van der Waals surface area contributed by atoms with E-state index in [4.69, 9.17) is 25.5 Å². The van der Waals surface area contributed by atoms with Gasteiger partial charge < -0.3 is 13.9 Å². The number of nitrogens with zero attached hydrogens (tertiary/aromatic N) is 3. The van der Waals surface area contributed by atoms with Gasteiger partial charge in [-0.3, -0.25) is 4.79 Å². The summed E-state index contributed by atoms with van der Waals surface area (Å²) < 4.78 is 57.4. The van der Waals surface area contributed by atoms with Crippen molar-refractivity contribution in [3.05, 3.63) is 88.6 Å². The summed E-state index contributed by atoms with van der Waals surface area (Å²) in [7, 11) is -3.98. The lowest BCUT2D eigenvalue weighted by molar-refractivity contribution is -0.136. The molecule has 3 aromatic rings. The molecule has 13 heteroatoms. The molecule has 1 aromatic heterocycles. The zero-order valence-corrected chi connectivity index (χ0v) is 22.0. The monoisotopic (exact) mass is 575 g/mol. The summed E-state index contributed by atoms with van der Waals surface area (Å²) >= 11 is 5.98. The van der Waals surface area contributed by atoms with Gasteiger partial charge in [0.05, 0.1) is 35.6 Å². The van der Waals surface area contributed by atoms with Crippen LogP contribution in [-0.2, 0) is 24.3 Å². The normalized spacial score (nSPS) is 18.2. The average Bonchev–Trinajstić information content (AvgIpc) is 3.63. The number of rotatable bonds is 7. The van der Waals surface area contributed by atoms with Crippen LogP contribution < -0.4 is 0 Å². The number of halogens is 2. The van der Waals surface area contributed by atoms with E-state index >= 15 is 0 Å². The number of furan rings is 1. The van der Waals surface area contributed by atoms with Gasteiger partial charge in [0, 0.05) is 24.5 Å². The third-order valence-corrected chi connectivity index (χ3v) is 8.45. The molecule has 0 radical (unpaired) electrons. The second-order valence-corrected chi connectivity index (χ2v) is 11.1. The van der Waals surface area contributed by atoms with Gasteiger partial charge in [-0.25, -0.2) is 22.6 Å². The summed E-state index contributed by atoms with van der Waals surface area (Å²) in [5, 5.41) is 6.14. The van der Waals surface area contributed by atoms with E-state index in [9.17, 15) is 22.4 Å². The van der Waals surface area contributed by atoms with Crippen molar-refractivity contribution in [2.24, 2.45) is 5.10 Å². The van der Waals surface area contributed by atoms with Crippen LogP contribution in [0.25, 0.3) is 0 Å². The molecular formula is C26H23ClFN3O7S. The Balaban J connectivity index is 1.32. The number of sulfonamides is 1. The molecule has 0 saturated carbocycles. The molecule has 1 amide bonds. The number of amides is 1. The molecular weight excluding hydrogens is 553 g/mol. The number of hydrogen-bond acceptors (Lipinski definition) is 8. The van der Waals surface area contributed by atoms with Crippen LogP contribution in [0.15, 0.2) is 75.3 Å². The van der Waals surface area contributed by atoms with Crippen LogP contribution in [0.5, 0.6) is 0 Å². The highest BCUT2D eigenvalue weighted by molar-refractivity contribution is 7.89. The van der Waals surface area contributed by atoms with Crippen LogP contribution in [0.4, 0.5) is 4.39 Å². The highest BCUT2D eigenvalue weighted by Crippen LogP contribution is 2.33. The molecule has 10 nitrogen and oxygen atoms in total. The smallest absolute Gasteiger partial charge is 0.341 e. The molecule has 1 saturated heterocycles. The molecule has 0 N–H and O–H groups in total. The summed E-state index contributed by atoms with van der Waals surface area (Å²) in [6.45, 7) is -0.0179. The minimum atomic E-state index is -3.98. The van der Waals surface area contributed by atoms with Crippen LogP contribution in [0.2, 0.25) is 5.02 Å². The fourth-order valence-electron chi connectivity index (χ4n) is 4.29. The number of carbonyl (C=O) groups excluding carboxylic acids is 2. The second kappa shape index (κ2) is 11.3. The van der Waals surface area contributed by atoms with E-state index in [0.717, 1.165) is 28.8 Å². The first kappa shape index (κ1) is 27.0. The van der Waals surface area contributed by atoms with Crippen molar-refractivity contribution in [1.29, 1.82) is 0 Å². The van der Waals surface area contributed by atoms with E-state index in [-0.39, 0.29) is 31.2 Å². The molecule has 204 valence electrons. The van der Waals surface area contributed by atoms with Crippen LogP contribution in [0.3, 0.4) is 0 Å². The first-order chi connectivity index (χ1) is 18.7. The minimum absolute atomic E-state index is 0.138. The van der Waals surface area contributed by atoms with Crippen molar-refractivity contribution >= 4 is 39.2 Å². The molecule has 1 atom stereocenters. The lowest BCUT2D eigenvalue weighted by Crippen LogP contribution is -2.40. The Bertz CT molecular complexity index is 1500. The Labute approximate surface area is 228 Å². The van der Waals surface area contributed by atoms with Gasteiger partial charge in [-0.2, -0.15) is 9.41 Å². The molecule has 0 aliphatic carbocycles. The van der Waals surface area contributed by atoms with Crippen LogP contribution >= 0.6 is 11.6 Å². The molecule has 5 rings (SSSR count). The maximum atomic E-state index is 14.5. The van der Waals surface area contributed by atoms with Crippen molar-refractivity contribution in [1.82, 2.24) is 9.31 Å². The standard InChI is InChI=1S/C26H23ClFN3O7S/c27-18-5-3-17(4-6-18)22-15-23(24-2-1-11-37-24)31(29-22)25(32)16-38-26(33)20-14-19(7-8-21(20)28)39(34,35)30-9-12-36-13-10-30/h1-8,11,14,23H,9-10,12-13,15-16H2/t23-/m1/s1. The fraction of sp³-hybridized carbons (Fsp3) is 0.269. The first-order valence-corrected chi connectivity index (χ1v) is 13.8. The van der Waals surface area contributed by atoms with E-state index in [1.807, 2.05) is 0 Å². The van der Waals surface area contributed by atoms with Gasteiger partial charge in [-0.15, -0.1) is 0 Å². The van der Waals surface area contributed by atoms with Crippen molar-refractivity contribution in [2.45, 2.75) is 17.4 Å². The predicted octanol–water partition coefficient (Wildman–Crippen LogP) is 3.63. The number of hydrazone groups is 1. The summed E-state index contributed by atoms with van der Waals surface area (Å²) in [4.78, 5) is 25.6. The van der Waals surface area contributed by atoms with E-state index in [0.29, 0.717) is 22.9 Å². The van der Waals surface area contributed by atoms with Crippen LogP contribution in [-0.4, -0.2) is 68.2 Å². The molecule has 1 fully saturated rings. The largest absolute Gasteiger partial charge is 0.467 e. The van der Waals surface area contributed by atoms with Gasteiger partial charge in [-0.1, -0.05) is 23.7 Å². The van der Waals surface area contributed by atoms with E-state index < -0.39 is 45.9 Å². The Morgan fingerprint density at radius 3 is 2.54 bits per heavy atom. The number of carbonyl (C=O) groups is 2. The van der Waals surface area contributed by atoms with Gasteiger partial charge in [0.25, 0.3) is 5.91 Å². The topological polar surface area (TPSA) is 119 Å². The molecule has 0 unspecified atom stereocenters. The van der Waals surface area contributed by atoms with Crippen molar-refractivity contribution < 1.29 is 36.3 Å². The fourth-order valence-corrected chi connectivity index (χ4v) is 5.85. The first-order valence-electron chi connectivity index (χ1n) is 12.0. The zero-order valence-electron chi connectivity index (χ0n) is 20.5. The number of hydrogen-bond donors (Lipinski definition) is 0. The third kappa shape index (κ3) is 5.74. The second-order valence-electron chi connectivity index (χ2n) is 8.76. The van der Waals surface area contributed by atoms with Crippen LogP contribution in [0.1, 0.15) is 34.1 Å². The van der Waals surface area contributed by atoms with Gasteiger partial charge >= 0.3 is 5.97 Å². The molecule has 2 aliphatic rings. The van der Waals surface area contributed by atoms with Gasteiger partial charge in [0.2, 0.25) is 10.0 Å². The van der Waals surface area contributed by atoms with Crippen molar-refractivity contribution in [2.75, 3.05) is 32.9 Å². The van der Waals surface area contributed by atoms with E-state index in [1.165, 1.54) is 10.6 Å². The average molecular weight is 576 g/mol. The molecule has 2 aromatic carbocycles. The predicted molar refractivity (Wildman–Crippen MR) is 137 cm³/mol. The number of esters is 1. The van der Waals surface area contributed by atoms with Crippen molar-refractivity contribution in [3.8, 4) is 0 Å². The molecule has 39 heavy (non-hydrogen) atoms. The lowest BCUT2D eigenvalue weighted by atomic mass is 10.0. The lowest BCUT2D eigenvalue weighted by Gasteiger charge is -2.26. The van der Waals surface area contributed by atoms with Gasteiger partial charge in [0.15, 0.2) is 6.61 Å². The summed E-state index contributed by atoms with van der Waals surface area (Å²) in [6, 6.07) is 12.6. The number of ether oxygens (including phenoxy) is 2. The molecule has 0 spiro atoms. The van der Waals surface area contributed by atoms with E-state index in [2.05, 4.69) is 5.10 Å². The maximum Gasteiger partial charge on any atom is 0.341 e. The molecule has 0 bridgehead atoms. The van der Waals surface area contributed by atoms with Gasteiger partial charge in [-0.05, 0) is 48.0 Å². The Morgan fingerprint density at radius 1 is 1.10 bits per heavy atom. The SMILES string of the molecule is O=C(OCC(=O)N1N=C(c2ccc(Cl)cc2)C[C@@H]1c1ccco1)c1cc(S(=O)(=O)N2CCOCC2)ccc1F. The van der Waals surface area contributed by atoms with E-state index in [1.54, 1.807) is 36.4 Å². The quantitative estimate of drug-likeness (QED) is 0.395. The van der Waals surface area contributed by atoms with Crippen LogP contribution in [0, 0.1) is 5.82 Å². The summed E-state index contributed by atoms with van der Waals surface area (Å²) in [5.74, 6) is -2.36. The van der Waals surface area contributed by atoms with Crippen molar-refractivity contribution in [3.63, 3.8) is 0 Å². The van der Waals surface area contributed by atoms with Gasteiger partial charge in [0.1, 0.15) is 17.6 Å². The minimum Gasteiger partial charge on any atom is -0.467 e. The number of morpholine rings is 1. The highest BCUT2D eigenvalue weighted by Gasteiger charge is 2.35. The maximum absolute atomic E-state index is 14.5. The Morgan fingerprint density at radius 2 is 1.85 bits per heavy atom. The third-order valence-electron chi connectivity index (χ3n) is 6.31. The zero-order chi connectivity index (χ0) is 27.6. The molecule has 3 heterocycles. The summed E-state index contributed by atoms with van der Waals surface area (Å²) in [5.41, 5.74) is 0.745. The summed E-state index contributed by atoms with van der Waals surface area (Å²) in [6.07, 6.45) is 1.81. The Hall–Kier alpha value is -3.58. The Kier molecular flexibility index (Phi) is 7.80.